The van der Waals surface area contributed by atoms with Gasteiger partial charge in [-0.05, 0) is 56.8 Å². The predicted octanol–water partition coefficient (Wildman–Crippen LogP) is 3.16. The molecule has 0 aliphatic rings. The van der Waals surface area contributed by atoms with Gasteiger partial charge in [0.25, 0.3) is 0 Å². The number of hydrogen-bond donors (Lipinski definition) is 3. The molecular formula is C17H27N3O3S2. The molecule has 0 atom stereocenters. The van der Waals surface area contributed by atoms with Gasteiger partial charge in [-0.15, -0.1) is 0 Å². The maximum absolute atomic E-state index is 12.1. The van der Waals surface area contributed by atoms with Gasteiger partial charge < -0.3 is 10.6 Å². The van der Waals surface area contributed by atoms with Crippen LogP contribution in [0.1, 0.15) is 52.9 Å². The van der Waals surface area contributed by atoms with Crippen LogP contribution in [0.25, 0.3) is 0 Å². The standard InChI is InChI=1S/C17H27N3O3S2/c1-4-5-6-7-8-16(21)19-17(24)18-14-9-11-15(12-10-14)25(22,23)20-13(2)3/h9-13,20H,4-8H2,1-3H3,(H2,18,19,21,24). The highest BCUT2D eigenvalue weighted by molar-refractivity contribution is 7.89. The molecular weight excluding hydrogens is 358 g/mol. The van der Waals surface area contributed by atoms with Crippen molar-refractivity contribution in [2.45, 2.75) is 63.8 Å². The van der Waals surface area contributed by atoms with E-state index in [9.17, 15) is 13.2 Å². The fourth-order valence-electron chi connectivity index (χ4n) is 2.16. The Morgan fingerprint density at radius 3 is 2.32 bits per heavy atom. The number of rotatable bonds is 9. The van der Waals surface area contributed by atoms with E-state index in [1.807, 2.05) is 0 Å². The van der Waals surface area contributed by atoms with Crippen LogP contribution in [0.3, 0.4) is 0 Å². The molecule has 0 fully saturated rings. The van der Waals surface area contributed by atoms with Crippen molar-refractivity contribution in [1.29, 1.82) is 0 Å². The van der Waals surface area contributed by atoms with Crippen molar-refractivity contribution in [3.63, 3.8) is 0 Å². The lowest BCUT2D eigenvalue weighted by Gasteiger charge is -2.12. The zero-order valence-electron chi connectivity index (χ0n) is 15.0. The second kappa shape index (κ2) is 10.5. The van der Waals surface area contributed by atoms with Gasteiger partial charge in [0.05, 0.1) is 4.90 Å². The van der Waals surface area contributed by atoms with Crippen LogP contribution in [0.2, 0.25) is 0 Å². The molecule has 0 spiro atoms. The lowest BCUT2D eigenvalue weighted by molar-refractivity contribution is -0.119. The summed E-state index contributed by atoms with van der Waals surface area (Å²) >= 11 is 5.10. The number of carbonyl (C=O) groups is 1. The number of sulfonamides is 1. The number of carbonyl (C=O) groups excluding carboxylic acids is 1. The molecule has 0 aliphatic heterocycles. The SMILES string of the molecule is CCCCCCC(=O)NC(=S)Nc1ccc(S(=O)(=O)NC(C)C)cc1. The van der Waals surface area contributed by atoms with Crippen LogP contribution >= 0.6 is 12.2 Å². The number of thiocarbonyl (C=S) groups is 1. The monoisotopic (exact) mass is 385 g/mol. The van der Waals surface area contributed by atoms with Crippen molar-refractivity contribution in [3.8, 4) is 0 Å². The molecule has 0 aromatic heterocycles. The second-order valence-corrected chi connectivity index (χ2v) is 8.24. The highest BCUT2D eigenvalue weighted by Gasteiger charge is 2.15. The van der Waals surface area contributed by atoms with Gasteiger partial charge in [-0.25, -0.2) is 13.1 Å². The van der Waals surface area contributed by atoms with E-state index < -0.39 is 10.0 Å². The average Bonchev–Trinajstić information content (AvgIpc) is 2.50. The first kappa shape index (κ1) is 21.5. The number of nitrogens with one attached hydrogen (secondary N) is 3. The molecule has 0 bridgehead atoms. The molecule has 3 N–H and O–H groups in total. The molecule has 1 aromatic rings. The highest BCUT2D eigenvalue weighted by atomic mass is 32.2. The maximum Gasteiger partial charge on any atom is 0.240 e. The summed E-state index contributed by atoms with van der Waals surface area (Å²) in [6.07, 6.45) is 4.57. The summed E-state index contributed by atoms with van der Waals surface area (Å²) in [5.41, 5.74) is 0.611. The minimum atomic E-state index is -3.52. The third-order valence-corrected chi connectivity index (χ3v) is 5.20. The summed E-state index contributed by atoms with van der Waals surface area (Å²) in [7, 11) is -3.52. The van der Waals surface area contributed by atoms with E-state index in [0.29, 0.717) is 12.1 Å². The lowest BCUT2D eigenvalue weighted by atomic mass is 10.1. The van der Waals surface area contributed by atoms with Crippen LogP contribution in [0.5, 0.6) is 0 Å². The van der Waals surface area contributed by atoms with Crippen molar-refractivity contribution >= 4 is 38.9 Å². The summed E-state index contributed by atoms with van der Waals surface area (Å²) in [5, 5.41) is 5.71. The molecule has 0 heterocycles. The van der Waals surface area contributed by atoms with Crippen LogP contribution in [0, 0.1) is 0 Å². The van der Waals surface area contributed by atoms with Crippen molar-refractivity contribution in [2.24, 2.45) is 0 Å². The summed E-state index contributed by atoms with van der Waals surface area (Å²) in [4.78, 5) is 11.9. The van der Waals surface area contributed by atoms with Crippen LogP contribution in [0.15, 0.2) is 29.2 Å². The molecule has 0 saturated heterocycles. The molecule has 1 aromatic carbocycles. The van der Waals surface area contributed by atoms with Crippen LogP contribution in [-0.2, 0) is 14.8 Å². The van der Waals surface area contributed by atoms with Crippen LogP contribution < -0.4 is 15.4 Å². The van der Waals surface area contributed by atoms with Gasteiger partial charge in [0.15, 0.2) is 5.11 Å². The molecule has 0 unspecified atom stereocenters. The number of benzene rings is 1. The van der Waals surface area contributed by atoms with Crippen molar-refractivity contribution in [2.75, 3.05) is 5.32 Å². The number of anilines is 1. The van der Waals surface area contributed by atoms with Crippen LogP contribution in [0.4, 0.5) is 5.69 Å². The topological polar surface area (TPSA) is 87.3 Å². The zero-order valence-corrected chi connectivity index (χ0v) is 16.6. The molecule has 140 valence electrons. The van der Waals surface area contributed by atoms with E-state index in [-0.39, 0.29) is 22.0 Å². The lowest BCUT2D eigenvalue weighted by Crippen LogP contribution is -2.34. The first-order valence-electron chi connectivity index (χ1n) is 8.48. The van der Waals surface area contributed by atoms with Gasteiger partial charge in [-0.1, -0.05) is 26.2 Å². The molecule has 0 radical (unpaired) electrons. The Balaban J connectivity index is 2.52. The summed E-state index contributed by atoms with van der Waals surface area (Å²) in [6.45, 7) is 5.64. The van der Waals surface area contributed by atoms with Gasteiger partial charge in [-0.2, -0.15) is 0 Å². The Labute approximate surface area is 155 Å². The van der Waals surface area contributed by atoms with E-state index in [2.05, 4.69) is 22.3 Å². The summed E-state index contributed by atoms with van der Waals surface area (Å²) in [6, 6.07) is 6.01. The van der Waals surface area contributed by atoms with Gasteiger partial charge in [0.1, 0.15) is 0 Å². The third-order valence-electron chi connectivity index (χ3n) is 3.32. The molecule has 0 aliphatic carbocycles. The first-order valence-corrected chi connectivity index (χ1v) is 10.4. The second-order valence-electron chi connectivity index (χ2n) is 6.11. The molecule has 25 heavy (non-hydrogen) atoms. The van der Waals surface area contributed by atoms with Gasteiger partial charge >= 0.3 is 0 Å². The number of amides is 1. The Hall–Kier alpha value is -1.51. The average molecular weight is 386 g/mol. The molecule has 1 rings (SSSR count). The zero-order chi connectivity index (χ0) is 18.9. The Kier molecular flexibility index (Phi) is 9.02. The van der Waals surface area contributed by atoms with Gasteiger partial charge in [-0.3, -0.25) is 4.79 Å². The molecule has 1 amide bonds. The maximum atomic E-state index is 12.1. The Morgan fingerprint density at radius 2 is 1.76 bits per heavy atom. The molecule has 6 nitrogen and oxygen atoms in total. The smallest absolute Gasteiger partial charge is 0.240 e. The molecule has 0 saturated carbocycles. The van der Waals surface area contributed by atoms with E-state index in [4.69, 9.17) is 12.2 Å². The summed E-state index contributed by atoms with van der Waals surface area (Å²) in [5.74, 6) is -0.117. The molecule has 8 heteroatoms. The van der Waals surface area contributed by atoms with E-state index >= 15 is 0 Å². The van der Waals surface area contributed by atoms with Crippen molar-refractivity contribution < 1.29 is 13.2 Å². The number of unbranched alkanes of at least 4 members (excludes halogenated alkanes) is 3. The Morgan fingerprint density at radius 1 is 1.12 bits per heavy atom. The van der Waals surface area contributed by atoms with E-state index in [0.717, 1.165) is 25.7 Å². The highest BCUT2D eigenvalue weighted by Crippen LogP contribution is 2.14. The normalized spacial score (nSPS) is 11.4. The van der Waals surface area contributed by atoms with Crippen molar-refractivity contribution in [3.05, 3.63) is 24.3 Å². The quantitative estimate of drug-likeness (QED) is 0.449. The predicted molar refractivity (Wildman–Crippen MR) is 105 cm³/mol. The Bertz CT molecular complexity index is 671. The minimum Gasteiger partial charge on any atom is -0.332 e. The summed E-state index contributed by atoms with van der Waals surface area (Å²) < 4.78 is 26.6. The third kappa shape index (κ3) is 8.42. The largest absolute Gasteiger partial charge is 0.332 e. The van der Waals surface area contributed by atoms with Gasteiger partial charge in [0.2, 0.25) is 15.9 Å². The van der Waals surface area contributed by atoms with Crippen molar-refractivity contribution in [1.82, 2.24) is 10.0 Å². The van der Waals surface area contributed by atoms with Gasteiger partial charge in [0, 0.05) is 18.2 Å². The van der Waals surface area contributed by atoms with E-state index in [1.165, 1.54) is 12.1 Å². The fraction of sp³-hybridized carbons (Fsp3) is 0.529. The van der Waals surface area contributed by atoms with E-state index in [1.54, 1.807) is 26.0 Å². The van der Waals surface area contributed by atoms with Crippen LogP contribution in [-0.4, -0.2) is 25.5 Å². The first-order chi connectivity index (χ1) is 11.7. The minimum absolute atomic E-state index is 0.117. The fourth-order valence-corrected chi connectivity index (χ4v) is 3.64. The number of hydrogen-bond acceptors (Lipinski definition) is 4.